The molecule has 1 rings (SSSR count). The van der Waals surface area contributed by atoms with Gasteiger partial charge in [-0.3, -0.25) is 0 Å². The topological polar surface area (TPSA) is 18.5 Å². The van der Waals surface area contributed by atoms with Crippen molar-refractivity contribution in [2.45, 2.75) is 59.7 Å². The largest absolute Gasteiger partial charge is 0.486 e. The molecule has 24 heavy (non-hydrogen) atoms. The number of benzene rings is 1. The molecule has 0 saturated heterocycles. The van der Waals surface area contributed by atoms with Gasteiger partial charge < -0.3 is 9.31 Å². The summed E-state index contributed by atoms with van der Waals surface area (Å²) in [5.41, 5.74) is 2.44. The van der Waals surface area contributed by atoms with Crippen LogP contribution in [-0.4, -0.2) is 19.3 Å². The number of hydrogen-bond acceptors (Lipinski definition) is 2. The van der Waals surface area contributed by atoms with Crippen LogP contribution in [0.1, 0.15) is 53.0 Å². The van der Waals surface area contributed by atoms with Gasteiger partial charge in [0.1, 0.15) is 0 Å². The minimum Gasteiger partial charge on any atom is -0.405 e. The van der Waals surface area contributed by atoms with Gasteiger partial charge in [-0.25, -0.2) is 0 Å². The average molecular weight is 326 g/mol. The van der Waals surface area contributed by atoms with Crippen molar-refractivity contribution in [3.05, 3.63) is 65.7 Å². The Labute approximate surface area is 148 Å². The van der Waals surface area contributed by atoms with E-state index < -0.39 is 0 Å². The third-order valence-corrected chi connectivity index (χ3v) is 3.21. The second-order valence-electron chi connectivity index (χ2n) is 6.36. The van der Waals surface area contributed by atoms with Crippen molar-refractivity contribution in [3.8, 4) is 0 Å². The van der Waals surface area contributed by atoms with Crippen LogP contribution in [0.3, 0.4) is 0 Å². The highest BCUT2D eigenvalue weighted by molar-refractivity contribution is 6.51. The molecule has 0 N–H and O–H groups in total. The van der Waals surface area contributed by atoms with Gasteiger partial charge in [-0.05, 0) is 39.7 Å². The summed E-state index contributed by atoms with van der Waals surface area (Å²) in [6.07, 6.45) is 10.8. The molecule has 0 unspecified atom stereocenters. The van der Waals surface area contributed by atoms with Crippen molar-refractivity contribution in [1.29, 1.82) is 0 Å². The van der Waals surface area contributed by atoms with Gasteiger partial charge in [0.25, 0.3) is 0 Å². The van der Waals surface area contributed by atoms with Crippen LogP contribution < -0.4 is 0 Å². The highest BCUT2D eigenvalue weighted by Crippen LogP contribution is 2.12. The van der Waals surface area contributed by atoms with Crippen LogP contribution in [0.25, 0.3) is 6.08 Å². The normalized spacial score (nSPS) is 12.9. The lowest BCUT2D eigenvalue weighted by Gasteiger charge is -2.17. The Morgan fingerprint density at radius 1 is 1.00 bits per heavy atom. The first-order valence-corrected chi connectivity index (χ1v) is 8.92. The lowest BCUT2D eigenvalue weighted by molar-refractivity contribution is 0.138. The summed E-state index contributed by atoms with van der Waals surface area (Å²) in [4.78, 5) is 0. The monoisotopic (exact) mass is 326 g/mol. The summed E-state index contributed by atoms with van der Waals surface area (Å²) >= 11 is 0. The molecule has 0 aliphatic heterocycles. The van der Waals surface area contributed by atoms with Crippen molar-refractivity contribution in [1.82, 2.24) is 0 Å². The first-order chi connectivity index (χ1) is 11.5. The van der Waals surface area contributed by atoms with Gasteiger partial charge in [-0.2, -0.15) is 0 Å². The third kappa shape index (κ3) is 9.54. The predicted molar refractivity (Wildman–Crippen MR) is 106 cm³/mol. The Kier molecular flexibility index (Phi) is 10.1. The van der Waals surface area contributed by atoms with Gasteiger partial charge in [-0.1, -0.05) is 79.5 Å². The molecule has 1 aromatic rings. The maximum absolute atomic E-state index is 5.86. The van der Waals surface area contributed by atoms with E-state index >= 15 is 0 Å². The van der Waals surface area contributed by atoms with Crippen molar-refractivity contribution in [3.63, 3.8) is 0 Å². The Morgan fingerprint density at radius 2 is 1.62 bits per heavy atom. The maximum Gasteiger partial charge on any atom is 0.486 e. The molecule has 1 aromatic carbocycles. The van der Waals surface area contributed by atoms with Crippen LogP contribution in [0.2, 0.25) is 0 Å². The standard InChI is InChI=1S/C21H31BO2/c1-6-12-21(17-22(23-18(2)3)24-19(4)5)16-11-10-15-20-13-8-7-9-14-20/h7-11,13-19H,6,12H2,1-5H3/b15-10+,16-11+,21-17-. The first kappa shape index (κ1) is 20.5. The molecule has 0 aromatic heterocycles. The van der Waals surface area contributed by atoms with Crippen molar-refractivity contribution in [2.75, 3.05) is 0 Å². The molecule has 0 spiro atoms. The van der Waals surface area contributed by atoms with Crippen LogP contribution in [0.4, 0.5) is 0 Å². The smallest absolute Gasteiger partial charge is 0.405 e. The SMILES string of the molecule is CCCC(=C/B(OC(C)C)OC(C)C)/C=C/C=C/c1ccccc1. The van der Waals surface area contributed by atoms with Crippen LogP contribution >= 0.6 is 0 Å². The zero-order chi connectivity index (χ0) is 17.8. The lowest BCUT2D eigenvalue weighted by atomic mass is 9.84. The van der Waals surface area contributed by atoms with Crippen molar-refractivity contribution in [2.24, 2.45) is 0 Å². The fourth-order valence-electron chi connectivity index (χ4n) is 2.24. The summed E-state index contributed by atoms with van der Waals surface area (Å²) in [6.45, 7) is 10.3. The first-order valence-electron chi connectivity index (χ1n) is 8.92. The highest BCUT2D eigenvalue weighted by Gasteiger charge is 2.18. The van der Waals surface area contributed by atoms with E-state index in [2.05, 4.69) is 49.3 Å². The van der Waals surface area contributed by atoms with E-state index in [4.69, 9.17) is 9.31 Å². The number of rotatable bonds is 10. The minimum absolute atomic E-state index is 0.134. The minimum atomic E-state index is -0.297. The molecule has 2 nitrogen and oxygen atoms in total. The predicted octanol–water partition coefficient (Wildman–Crippen LogP) is 5.86. The highest BCUT2D eigenvalue weighted by atomic mass is 16.6. The van der Waals surface area contributed by atoms with E-state index in [0.717, 1.165) is 12.8 Å². The molecule has 0 heterocycles. The van der Waals surface area contributed by atoms with Gasteiger partial charge in [-0.15, -0.1) is 0 Å². The van der Waals surface area contributed by atoms with Crippen LogP contribution in [0.15, 0.2) is 60.1 Å². The Balaban J connectivity index is 2.78. The average Bonchev–Trinajstić information content (AvgIpc) is 2.51. The molecular formula is C21H31BO2. The van der Waals surface area contributed by atoms with E-state index in [-0.39, 0.29) is 19.3 Å². The number of hydrogen-bond donors (Lipinski definition) is 0. The Morgan fingerprint density at radius 3 is 2.17 bits per heavy atom. The van der Waals surface area contributed by atoms with E-state index in [1.165, 1.54) is 11.1 Å². The lowest BCUT2D eigenvalue weighted by Crippen LogP contribution is -2.28. The van der Waals surface area contributed by atoms with Gasteiger partial charge in [0.2, 0.25) is 0 Å². The fourth-order valence-corrected chi connectivity index (χ4v) is 2.24. The molecule has 0 fully saturated rings. The van der Waals surface area contributed by atoms with Gasteiger partial charge in [0, 0.05) is 12.2 Å². The van der Waals surface area contributed by atoms with Crippen LogP contribution in [-0.2, 0) is 9.31 Å². The summed E-state index contributed by atoms with van der Waals surface area (Å²) in [6, 6.07) is 10.3. The van der Waals surface area contributed by atoms with Gasteiger partial charge in [0.05, 0.1) is 0 Å². The fraction of sp³-hybridized carbons (Fsp3) is 0.429. The molecular weight excluding hydrogens is 295 g/mol. The quantitative estimate of drug-likeness (QED) is 0.396. The van der Waals surface area contributed by atoms with Crippen molar-refractivity contribution >= 4 is 13.2 Å². The summed E-state index contributed by atoms with van der Waals surface area (Å²) in [5, 5.41) is 0. The maximum atomic E-state index is 5.86. The summed E-state index contributed by atoms with van der Waals surface area (Å²) in [5.74, 6) is 2.09. The molecule has 0 bridgehead atoms. The summed E-state index contributed by atoms with van der Waals surface area (Å²) in [7, 11) is -0.297. The molecule has 0 atom stereocenters. The zero-order valence-corrected chi connectivity index (χ0v) is 15.7. The van der Waals surface area contributed by atoms with Gasteiger partial charge >= 0.3 is 7.12 Å². The molecule has 0 saturated carbocycles. The van der Waals surface area contributed by atoms with Crippen molar-refractivity contribution < 1.29 is 9.31 Å². The second-order valence-corrected chi connectivity index (χ2v) is 6.36. The van der Waals surface area contributed by atoms with E-state index in [9.17, 15) is 0 Å². The third-order valence-electron chi connectivity index (χ3n) is 3.21. The molecule has 130 valence electrons. The van der Waals surface area contributed by atoms with Crippen LogP contribution in [0, 0.1) is 0 Å². The van der Waals surface area contributed by atoms with Gasteiger partial charge in [0.15, 0.2) is 0 Å². The Bertz CT molecular complexity index is 520. The second kappa shape index (κ2) is 11.9. The van der Waals surface area contributed by atoms with Crippen LogP contribution in [0.5, 0.6) is 0 Å². The van der Waals surface area contributed by atoms with E-state index in [1.54, 1.807) is 0 Å². The Hall–Kier alpha value is -1.58. The molecule has 0 amide bonds. The molecule has 0 radical (unpaired) electrons. The molecule has 0 aliphatic rings. The molecule has 0 aliphatic carbocycles. The zero-order valence-electron chi connectivity index (χ0n) is 15.7. The number of allylic oxidation sites excluding steroid dienone is 4. The summed E-state index contributed by atoms with van der Waals surface area (Å²) < 4.78 is 11.7. The van der Waals surface area contributed by atoms with E-state index in [1.807, 2.05) is 45.9 Å². The molecule has 3 heteroatoms. The van der Waals surface area contributed by atoms with E-state index in [0.29, 0.717) is 0 Å².